The van der Waals surface area contributed by atoms with Gasteiger partial charge in [-0.2, -0.15) is 0 Å². The van der Waals surface area contributed by atoms with E-state index in [2.05, 4.69) is 9.98 Å². The van der Waals surface area contributed by atoms with Crippen molar-refractivity contribution in [2.24, 2.45) is 4.99 Å². The Morgan fingerprint density at radius 1 is 0.963 bits per heavy atom. The fourth-order valence-corrected chi connectivity index (χ4v) is 2.92. The summed E-state index contributed by atoms with van der Waals surface area (Å²) in [5, 5.41) is 1.06. The lowest BCUT2D eigenvalue weighted by Gasteiger charge is -2.33. The Kier molecular flexibility index (Phi) is 4.47. The molecule has 0 atom stereocenters. The first-order chi connectivity index (χ1) is 13.1. The standard InChI is InChI=1S/C23H20N2O2/c1-23(2)26-20(16-22(27-23)17-7-4-3-5-8-17)12-14-24-19-10-11-21-18(15-19)9-6-13-25-21/h3-16H,1-2H3. The summed E-state index contributed by atoms with van der Waals surface area (Å²) in [5.74, 6) is 0.744. The molecule has 1 aliphatic heterocycles. The van der Waals surface area contributed by atoms with Crippen molar-refractivity contribution in [2.75, 3.05) is 0 Å². The first kappa shape index (κ1) is 17.0. The Morgan fingerprint density at radius 3 is 2.67 bits per heavy atom. The summed E-state index contributed by atoms with van der Waals surface area (Å²) in [6, 6.07) is 19.9. The average Bonchev–Trinajstić information content (AvgIpc) is 2.67. The maximum atomic E-state index is 5.95. The van der Waals surface area contributed by atoms with Gasteiger partial charge in [0.05, 0.1) is 11.2 Å². The van der Waals surface area contributed by atoms with Gasteiger partial charge in [0.2, 0.25) is 5.79 Å². The Labute approximate surface area is 158 Å². The number of pyridine rings is 1. The van der Waals surface area contributed by atoms with Crippen molar-refractivity contribution in [3.05, 3.63) is 90.3 Å². The molecule has 4 heteroatoms. The highest BCUT2D eigenvalue weighted by atomic mass is 16.7. The third-order valence-corrected chi connectivity index (χ3v) is 4.10. The van der Waals surface area contributed by atoms with Crippen LogP contribution in [0.1, 0.15) is 19.4 Å². The van der Waals surface area contributed by atoms with E-state index >= 15 is 0 Å². The van der Waals surface area contributed by atoms with Gasteiger partial charge < -0.3 is 9.47 Å². The molecule has 4 nitrogen and oxygen atoms in total. The molecule has 134 valence electrons. The molecule has 0 saturated heterocycles. The van der Waals surface area contributed by atoms with E-state index in [9.17, 15) is 0 Å². The average molecular weight is 356 g/mol. The van der Waals surface area contributed by atoms with E-state index in [4.69, 9.17) is 9.47 Å². The number of ether oxygens (including phenoxy) is 2. The Balaban J connectivity index is 1.60. The molecule has 0 bridgehead atoms. The molecule has 4 rings (SSSR count). The molecule has 27 heavy (non-hydrogen) atoms. The molecule has 0 amide bonds. The summed E-state index contributed by atoms with van der Waals surface area (Å²) in [4.78, 5) is 8.84. The number of nitrogens with zero attached hydrogens (tertiary/aromatic N) is 2. The van der Waals surface area contributed by atoms with Crippen LogP contribution in [0.5, 0.6) is 0 Å². The Morgan fingerprint density at radius 2 is 1.81 bits per heavy atom. The van der Waals surface area contributed by atoms with Crippen molar-refractivity contribution in [1.82, 2.24) is 4.98 Å². The zero-order chi connectivity index (χ0) is 18.7. The van der Waals surface area contributed by atoms with E-state index in [1.807, 2.05) is 86.7 Å². The molecule has 0 fully saturated rings. The van der Waals surface area contributed by atoms with Crippen LogP contribution in [0.15, 0.2) is 89.8 Å². The summed E-state index contributed by atoms with van der Waals surface area (Å²) in [6.07, 6.45) is 7.27. The largest absolute Gasteiger partial charge is 0.453 e. The number of hydrogen-bond acceptors (Lipinski definition) is 4. The molecule has 1 aliphatic rings. The fraction of sp³-hybridized carbons (Fsp3) is 0.130. The highest BCUT2D eigenvalue weighted by Crippen LogP contribution is 2.32. The molecule has 0 aliphatic carbocycles. The van der Waals surface area contributed by atoms with Gasteiger partial charge >= 0.3 is 0 Å². The minimum atomic E-state index is -0.742. The predicted octanol–water partition coefficient (Wildman–Crippen LogP) is 5.65. The molecule has 0 spiro atoms. The summed E-state index contributed by atoms with van der Waals surface area (Å²) in [5.41, 5.74) is 2.84. The second kappa shape index (κ2) is 7.08. The Hall–Kier alpha value is -3.40. The van der Waals surface area contributed by atoms with E-state index in [1.165, 1.54) is 0 Å². The van der Waals surface area contributed by atoms with Crippen LogP contribution in [-0.2, 0) is 9.47 Å². The monoisotopic (exact) mass is 356 g/mol. The second-order valence-corrected chi connectivity index (χ2v) is 6.71. The van der Waals surface area contributed by atoms with Crippen LogP contribution in [0, 0.1) is 0 Å². The van der Waals surface area contributed by atoms with Crippen LogP contribution in [0.25, 0.3) is 16.7 Å². The van der Waals surface area contributed by atoms with Gasteiger partial charge in [0.25, 0.3) is 0 Å². The normalized spacial score (nSPS) is 17.6. The summed E-state index contributed by atoms with van der Waals surface area (Å²) in [7, 11) is 0. The number of hydrogen-bond donors (Lipinski definition) is 0. The van der Waals surface area contributed by atoms with E-state index < -0.39 is 5.79 Å². The lowest BCUT2D eigenvalue weighted by atomic mass is 10.1. The van der Waals surface area contributed by atoms with E-state index in [0.29, 0.717) is 5.76 Å². The van der Waals surface area contributed by atoms with Gasteiger partial charge in [-0.1, -0.05) is 36.4 Å². The molecular formula is C23H20N2O2. The summed E-state index contributed by atoms with van der Waals surface area (Å²) in [6.45, 7) is 3.79. The SMILES string of the molecule is CC1(C)OC(=CC=Nc2ccc3ncccc3c2)C=C(c2ccccc2)O1. The minimum Gasteiger partial charge on any atom is -0.453 e. The smallest absolute Gasteiger partial charge is 0.245 e. The molecule has 0 unspecified atom stereocenters. The maximum Gasteiger partial charge on any atom is 0.245 e. The highest BCUT2D eigenvalue weighted by molar-refractivity contribution is 5.83. The van der Waals surface area contributed by atoms with Gasteiger partial charge in [-0.3, -0.25) is 9.98 Å². The van der Waals surface area contributed by atoms with Crippen LogP contribution in [-0.4, -0.2) is 17.0 Å². The van der Waals surface area contributed by atoms with E-state index in [-0.39, 0.29) is 0 Å². The van der Waals surface area contributed by atoms with Crippen molar-refractivity contribution in [3.8, 4) is 0 Å². The minimum absolute atomic E-state index is 0.705. The third kappa shape index (κ3) is 4.06. The number of benzene rings is 2. The molecule has 0 saturated carbocycles. The number of fused-ring (bicyclic) bond motifs is 1. The van der Waals surface area contributed by atoms with Crippen LogP contribution < -0.4 is 0 Å². The van der Waals surface area contributed by atoms with Gasteiger partial charge in [-0.15, -0.1) is 0 Å². The van der Waals surface area contributed by atoms with Crippen molar-refractivity contribution in [2.45, 2.75) is 19.6 Å². The fourth-order valence-electron chi connectivity index (χ4n) is 2.92. The zero-order valence-electron chi connectivity index (χ0n) is 15.3. The van der Waals surface area contributed by atoms with Crippen LogP contribution >= 0.6 is 0 Å². The van der Waals surface area contributed by atoms with Crippen molar-refractivity contribution in [3.63, 3.8) is 0 Å². The molecule has 2 aromatic carbocycles. The number of aromatic nitrogens is 1. The number of allylic oxidation sites excluding steroid dienone is 2. The van der Waals surface area contributed by atoms with Gasteiger partial charge in [0, 0.05) is 43.3 Å². The van der Waals surface area contributed by atoms with Crippen molar-refractivity contribution >= 4 is 28.6 Å². The summed E-state index contributed by atoms with van der Waals surface area (Å²) < 4.78 is 11.8. The van der Waals surface area contributed by atoms with E-state index in [1.54, 1.807) is 12.4 Å². The van der Waals surface area contributed by atoms with Crippen LogP contribution in [0.4, 0.5) is 5.69 Å². The van der Waals surface area contributed by atoms with Crippen LogP contribution in [0.2, 0.25) is 0 Å². The van der Waals surface area contributed by atoms with Gasteiger partial charge in [0.15, 0.2) is 0 Å². The Bertz CT molecular complexity index is 1050. The maximum absolute atomic E-state index is 5.95. The lowest BCUT2D eigenvalue weighted by Crippen LogP contribution is -2.30. The number of aliphatic imine (C=N–C) groups is 1. The van der Waals surface area contributed by atoms with Gasteiger partial charge in [0.1, 0.15) is 11.5 Å². The number of rotatable bonds is 3. The molecule has 1 aromatic heterocycles. The predicted molar refractivity (Wildman–Crippen MR) is 109 cm³/mol. The second-order valence-electron chi connectivity index (χ2n) is 6.71. The van der Waals surface area contributed by atoms with Crippen molar-refractivity contribution < 1.29 is 9.47 Å². The summed E-state index contributed by atoms with van der Waals surface area (Å²) >= 11 is 0. The first-order valence-electron chi connectivity index (χ1n) is 8.83. The molecule has 2 heterocycles. The van der Waals surface area contributed by atoms with E-state index in [0.717, 1.165) is 27.9 Å². The topological polar surface area (TPSA) is 43.7 Å². The molecule has 0 radical (unpaired) electrons. The van der Waals surface area contributed by atoms with Gasteiger partial charge in [-0.25, -0.2) is 0 Å². The lowest BCUT2D eigenvalue weighted by molar-refractivity contribution is -0.149. The zero-order valence-corrected chi connectivity index (χ0v) is 15.3. The quantitative estimate of drug-likeness (QED) is 0.570. The third-order valence-electron chi connectivity index (χ3n) is 4.10. The molecule has 3 aromatic rings. The molecular weight excluding hydrogens is 336 g/mol. The highest BCUT2D eigenvalue weighted by Gasteiger charge is 2.28. The van der Waals surface area contributed by atoms with Crippen LogP contribution in [0.3, 0.4) is 0 Å². The van der Waals surface area contributed by atoms with Crippen molar-refractivity contribution in [1.29, 1.82) is 0 Å². The molecule has 0 N–H and O–H groups in total. The first-order valence-corrected chi connectivity index (χ1v) is 8.83. The van der Waals surface area contributed by atoms with Gasteiger partial charge in [-0.05, 0) is 30.3 Å².